The minimum Gasteiger partial charge on any atom is -0.508 e. The molecule has 6 heteroatoms. The Labute approximate surface area is 97.4 Å². The number of ether oxygens (including phenoxy) is 1. The monoisotopic (exact) mass is 245 g/mol. The van der Waals surface area contributed by atoms with Gasteiger partial charge in [0.1, 0.15) is 11.5 Å². The Balaban J connectivity index is 3.08. The highest BCUT2D eigenvalue weighted by atomic mass is 35.5. The van der Waals surface area contributed by atoms with Crippen molar-refractivity contribution in [3.05, 3.63) is 22.7 Å². The van der Waals surface area contributed by atoms with Gasteiger partial charge in [-0.1, -0.05) is 11.6 Å². The van der Waals surface area contributed by atoms with Crippen LogP contribution in [0, 0.1) is 0 Å². The van der Waals surface area contributed by atoms with Gasteiger partial charge in [0.15, 0.2) is 0 Å². The number of carboxylic acids is 1. The number of methoxy groups -OCH3 is 1. The van der Waals surface area contributed by atoms with Crippen LogP contribution in [0.4, 0.5) is 0 Å². The molecule has 0 bridgehead atoms. The van der Waals surface area contributed by atoms with E-state index in [1.807, 2.05) is 0 Å². The van der Waals surface area contributed by atoms with Gasteiger partial charge in [-0.25, -0.2) is 0 Å². The van der Waals surface area contributed by atoms with Crippen molar-refractivity contribution in [2.24, 2.45) is 5.73 Å². The molecule has 1 aromatic carbocycles. The van der Waals surface area contributed by atoms with Crippen LogP contribution in [0.5, 0.6) is 11.5 Å². The lowest BCUT2D eigenvalue weighted by Crippen LogP contribution is -2.15. The molecule has 88 valence electrons. The third kappa shape index (κ3) is 2.77. The summed E-state index contributed by atoms with van der Waals surface area (Å²) in [4.78, 5) is 10.5. The fourth-order valence-corrected chi connectivity index (χ4v) is 1.55. The van der Waals surface area contributed by atoms with Crippen molar-refractivity contribution in [2.75, 3.05) is 7.11 Å². The summed E-state index contributed by atoms with van der Waals surface area (Å²) in [6, 6.07) is 1.91. The number of carboxylic acid groups (broad SMARTS) is 1. The minimum absolute atomic E-state index is 0.139. The number of benzene rings is 1. The summed E-state index contributed by atoms with van der Waals surface area (Å²) in [5.74, 6) is -0.837. The first-order valence-electron chi connectivity index (χ1n) is 4.49. The first-order chi connectivity index (χ1) is 7.45. The van der Waals surface area contributed by atoms with Gasteiger partial charge in [0.05, 0.1) is 18.6 Å². The average molecular weight is 246 g/mol. The SMILES string of the molecule is COc1cc(C(N)CC(=O)O)c(O)cc1Cl. The second-order valence-corrected chi connectivity index (χ2v) is 3.66. The summed E-state index contributed by atoms with van der Waals surface area (Å²) in [7, 11) is 1.42. The number of halogens is 1. The van der Waals surface area contributed by atoms with E-state index in [0.717, 1.165) is 0 Å². The molecule has 16 heavy (non-hydrogen) atoms. The van der Waals surface area contributed by atoms with E-state index in [1.54, 1.807) is 0 Å². The van der Waals surface area contributed by atoms with Gasteiger partial charge < -0.3 is 20.7 Å². The highest BCUT2D eigenvalue weighted by Crippen LogP contribution is 2.35. The zero-order valence-corrected chi connectivity index (χ0v) is 9.36. The summed E-state index contributed by atoms with van der Waals surface area (Å²) in [5.41, 5.74) is 5.93. The van der Waals surface area contributed by atoms with E-state index in [1.165, 1.54) is 19.2 Å². The molecular weight excluding hydrogens is 234 g/mol. The molecule has 1 atom stereocenters. The average Bonchev–Trinajstić information content (AvgIpc) is 2.16. The van der Waals surface area contributed by atoms with Gasteiger partial charge in [-0.05, 0) is 6.07 Å². The largest absolute Gasteiger partial charge is 0.508 e. The molecule has 0 radical (unpaired) electrons. The molecular formula is C10H12ClNO4. The molecule has 0 aliphatic heterocycles. The molecule has 0 aliphatic rings. The second-order valence-electron chi connectivity index (χ2n) is 3.25. The number of hydrogen-bond donors (Lipinski definition) is 3. The van der Waals surface area contributed by atoms with E-state index in [9.17, 15) is 9.90 Å². The molecule has 0 aromatic heterocycles. The maximum atomic E-state index is 10.5. The Kier molecular flexibility index (Phi) is 3.98. The van der Waals surface area contributed by atoms with Crippen molar-refractivity contribution >= 4 is 17.6 Å². The molecule has 0 fully saturated rings. The third-order valence-electron chi connectivity index (χ3n) is 2.10. The lowest BCUT2D eigenvalue weighted by Gasteiger charge is -2.13. The van der Waals surface area contributed by atoms with Crippen LogP contribution in [0.3, 0.4) is 0 Å². The van der Waals surface area contributed by atoms with Crippen LogP contribution in [0.25, 0.3) is 0 Å². The van der Waals surface area contributed by atoms with Crippen LogP contribution in [0.2, 0.25) is 5.02 Å². The van der Waals surface area contributed by atoms with Crippen LogP contribution in [0.15, 0.2) is 12.1 Å². The normalized spacial score (nSPS) is 12.2. The highest BCUT2D eigenvalue weighted by molar-refractivity contribution is 6.32. The molecule has 1 aromatic rings. The van der Waals surface area contributed by atoms with E-state index in [0.29, 0.717) is 11.3 Å². The van der Waals surface area contributed by atoms with Gasteiger partial charge in [0.2, 0.25) is 0 Å². The van der Waals surface area contributed by atoms with Gasteiger partial charge in [0.25, 0.3) is 0 Å². The lowest BCUT2D eigenvalue weighted by atomic mass is 10.0. The van der Waals surface area contributed by atoms with Crippen molar-refractivity contribution in [1.29, 1.82) is 0 Å². The van der Waals surface area contributed by atoms with E-state index in [2.05, 4.69) is 0 Å². The van der Waals surface area contributed by atoms with Crippen LogP contribution in [-0.2, 0) is 4.79 Å². The van der Waals surface area contributed by atoms with E-state index < -0.39 is 12.0 Å². The molecule has 1 unspecified atom stereocenters. The number of phenols is 1. The summed E-state index contributed by atoms with van der Waals surface area (Å²) in [5, 5.41) is 18.4. The van der Waals surface area contributed by atoms with Gasteiger partial charge in [-0.3, -0.25) is 4.79 Å². The highest BCUT2D eigenvalue weighted by Gasteiger charge is 2.17. The molecule has 0 spiro atoms. The number of nitrogens with two attached hydrogens (primary N) is 1. The Morgan fingerprint density at radius 3 is 2.75 bits per heavy atom. The molecule has 1 rings (SSSR count). The first kappa shape index (κ1) is 12.6. The number of carbonyl (C=O) groups is 1. The van der Waals surface area contributed by atoms with Crippen LogP contribution < -0.4 is 10.5 Å². The van der Waals surface area contributed by atoms with E-state index >= 15 is 0 Å². The number of hydrogen-bond acceptors (Lipinski definition) is 4. The Morgan fingerprint density at radius 2 is 2.25 bits per heavy atom. The third-order valence-corrected chi connectivity index (χ3v) is 2.39. The van der Waals surface area contributed by atoms with E-state index in [4.69, 9.17) is 27.2 Å². The smallest absolute Gasteiger partial charge is 0.305 e. The molecule has 5 nitrogen and oxygen atoms in total. The molecule has 0 saturated carbocycles. The summed E-state index contributed by atoms with van der Waals surface area (Å²) in [6.07, 6.45) is -0.279. The van der Waals surface area contributed by atoms with Crippen molar-refractivity contribution in [1.82, 2.24) is 0 Å². The van der Waals surface area contributed by atoms with Crippen LogP contribution in [-0.4, -0.2) is 23.3 Å². The lowest BCUT2D eigenvalue weighted by molar-refractivity contribution is -0.137. The second kappa shape index (κ2) is 5.05. The summed E-state index contributed by atoms with van der Waals surface area (Å²) < 4.78 is 4.95. The van der Waals surface area contributed by atoms with Gasteiger partial charge in [-0.15, -0.1) is 0 Å². The number of phenolic OH excluding ortho intramolecular Hbond substituents is 1. The quantitative estimate of drug-likeness (QED) is 0.748. The van der Waals surface area contributed by atoms with Gasteiger partial charge in [-0.2, -0.15) is 0 Å². The number of aromatic hydroxyl groups is 1. The predicted molar refractivity (Wildman–Crippen MR) is 58.9 cm³/mol. The van der Waals surface area contributed by atoms with Crippen LogP contribution >= 0.6 is 11.6 Å². The molecule has 0 aliphatic carbocycles. The molecule has 0 amide bonds. The van der Waals surface area contributed by atoms with Gasteiger partial charge in [0, 0.05) is 17.7 Å². The van der Waals surface area contributed by atoms with Crippen molar-refractivity contribution in [2.45, 2.75) is 12.5 Å². The number of aliphatic carboxylic acids is 1. The van der Waals surface area contributed by atoms with Crippen LogP contribution in [0.1, 0.15) is 18.0 Å². The topological polar surface area (TPSA) is 92.8 Å². The fraction of sp³-hybridized carbons (Fsp3) is 0.300. The fourth-order valence-electron chi connectivity index (χ4n) is 1.31. The Bertz CT molecular complexity index is 408. The van der Waals surface area contributed by atoms with Crippen molar-refractivity contribution in [3.8, 4) is 11.5 Å². The van der Waals surface area contributed by atoms with Gasteiger partial charge >= 0.3 is 5.97 Å². The minimum atomic E-state index is -1.04. The molecule has 0 heterocycles. The predicted octanol–water partition coefficient (Wildman–Crippen LogP) is 1.53. The zero-order chi connectivity index (χ0) is 12.3. The summed E-state index contributed by atoms with van der Waals surface area (Å²) >= 11 is 5.77. The maximum Gasteiger partial charge on any atom is 0.305 e. The maximum absolute atomic E-state index is 10.5. The summed E-state index contributed by atoms with van der Waals surface area (Å²) in [6.45, 7) is 0. The molecule has 0 saturated heterocycles. The van der Waals surface area contributed by atoms with Crippen molar-refractivity contribution < 1.29 is 19.7 Å². The number of rotatable bonds is 4. The zero-order valence-electron chi connectivity index (χ0n) is 8.61. The van der Waals surface area contributed by atoms with E-state index in [-0.39, 0.29) is 17.2 Å². The van der Waals surface area contributed by atoms with Crippen molar-refractivity contribution in [3.63, 3.8) is 0 Å². The standard InChI is InChI=1S/C10H12ClNO4/c1-16-9-2-5(7(12)4-10(14)15)8(13)3-6(9)11/h2-3,7,13H,4,12H2,1H3,(H,14,15). The first-order valence-corrected chi connectivity index (χ1v) is 4.87. The Hall–Kier alpha value is -1.46. The Morgan fingerprint density at radius 1 is 1.62 bits per heavy atom. The molecule has 4 N–H and O–H groups in total.